The standard InChI is InChI=1S/C9H10F9NO3/c1-3(5(21)22)19-2-4(20)6(10,11)7(12,13)8(14,15)9(16,17)18/h3-4,19-20H,2H2,1H3,(H,21,22)/t3-,4-/m0/s1. The fourth-order valence-electron chi connectivity index (χ4n) is 1.10. The van der Waals surface area contributed by atoms with E-state index in [1.807, 2.05) is 0 Å². The van der Waals surface area contributed by atoms with E-state index in [2.05, 4.69) is 0 Å². The molecule has 0 rings (SSSR count). The summed E-state index contributed by atoms with van der Waals surface area (Å²) in [5.41, 5.74) is 0. The molecule has 0 aromatic carbocycles. The number of carbonyl (C=O) groups is 1. The number of alkyl halides is 9. The summed E-state index contributed by atoms with van der Waals surface area (Å²) in [4.78, 5) is 10.3. The van der Waals surface area contributed by atoms with Crippen LogP contribution in [0.15, 0.2) is 0 Å². The fraction of sp³-hybridized carbons (Fsp3) is 0.889. The second kappa shape index (κ2) is 6.10. The van der Waals surface area contributed by atoms with Crippen LogP contribution in [0.4, 0.5) is 39.5 Å². The van der Waals surface area contributed by atoms with Crippen LogP contribution < -0.4 is 5.32 Å². The second-order valence-electron chi connectivity index (χ2n) is 4.25. The van der Waals surface area contributed by atoms with Crippen LogP contribution in [0.25, 0.3) is 0 Å². The maximum Gasteiger partial charge on any atom is 0.460 e. The molecule has 0 bridgehead atoms. The molecule has 13 heteroatoms. The van der Waals surface area contributed by atoms with Gasteiger partial charge in [0, 0.05) is 6.54 Å². The molecule has 0 aliphatic carbocycles. The van der Waals surface area contributed by atoms with Crippen LogP contribution in [0.1, 0.15) is 6.92 Å². The van der Waals surface area contributed by atoms with E-state index in [4.69, 9.17) is 10.2 Å². The summed E-state index contributed by atoms with van der Waals surface area (Å²) in [6, 6.07) is -1.65. The van der Waals surface area contributed by atoms with Gasteiger partial charge in [-0.3, -0.25) is 4.79 Å². The maximum atomic E-state index is 13.1. The quantitative estimate of drug-likeness (QED) is 0.613. The predicted octanol–water partition coefficient (Wildman–Crippen LogP) is 1.88. The molecule has 0 unspecified atom stereocenters. The molecule has 132 valence electrons. The first-order valence-corrected chi connectivity index (χ1v) is 5.34. The van der Waals surface area contributed by atoms with Gasteiger partial charge in [0.05, 0.1) is 0 Å². The lowest BCUT2D eigenvalue weighted by atomic mass is 9.99. The van der Waals surface area contributed by atoms with E-state index in [1.54, 1.807) is 5.32 Å². The minimum absolute atomic E-state index is 0.829. The van der Waals surface area contributed by atoms with Crippen molar-refractivity contribution in [3.8, 4) is 0 Å². The lowest BCUT2D eigenvalue weighted by Gasteiger charge is -2.36. The number of aliphatic carboxylic acids is 1. The summed E-state index contributed by atoms with van der Waals surface area (Å²) in [5, 5.41) is 18.7. The number of carboxylic acid groups (broad SMARTS) is 1. The van der Waals surface area contributed by atoms with Crippen molar-refractivity contribution >= 4 is 5.97 Å². The Kier molecular flexibility index (Phi) is 5.76. The first kappa shape index (κ1) is 20.8. The van der Waals surface area contributed by atoms with E-state index in [0.29, 0.717) is 0 Å². The van der Waals surface area contributed by atoms with Crippen LogP contribution in [-0.2, 0) is 4.79 Å². The summed E-state index contributed by atoms with van der Waals surface area (Å²) in [6.45, 7) is -0.834. The molecule has 3 N–H and O–H groups in total. The summed E-state index contributed by atoms with van der Waals surface area (Å²) in [6.07, 6.45) is -10.7. The number of hydrogen-bond donors (Lipinski definition) is 3. The molecule has 2 atom stereocenters. The molecule has 0 saturated heterocycles. The molecule has 0 fully saturated rings. The van der Waals surface area contributed by atoms with Crippen molar-refractivity contribution in [2.24, 2.45) is 0 Å². The van der Waals surface area contributed by atoms with Gasteiger partial charge >= 0.3 is 29.9 Å². The van der Waals surface area contributed by atoms with Gasteiger partial charge in [0.1, 0.15) is 12.1 Å². The maximum absolute atomic E-state index is 13.1. The van der Waals surface area contributed by atoms with E-state index in [-0.39, 0.29) is 0 Å². The summed E-state index contributed by atoms with van der Waals surface area (Å²) in [5.74, 6) is -21.9. The highest BCUT2D eigenvalue weighted by atomic mass is 19.4. The minimum atomic E-state index is -7.11. The zero-order valence-corrected chi connectivity index (χ0v) is 10.6. The van der Waals surface area contributed by atoms with E-state index in [1.165, 1.54) is 0 Å². The van der Waals surface area contributed by atoms with Gasteiger partial charge in [-0.15, -0.1) is 0 Å². The summed E-state index contributed by atoms with van der Waals surface area (Å²) in [7, 11) is 0. The van der Waals surface area contributed by atoms with Crippen LogP contribution in [0.3, 0.4) is 0 Å². The van der Waals surface area contributed by atoms with Crippen molar-refractivity contribution < 1.29 is 54.5 Å². The Labute approximate surface area is 116 Å². The Balaban J connectivity index is 5.31. The first-order chi connectivity index (χ1) is 9.50. The van der Waals surface area contributed by atoms with E-state index in [9.17, 15) is 44.3 Å². The summed E-state index contributed by atoms with van der Waals surface area (Å²) >= 11 is 0. The molecule has 0 heterocycles. The highest BCUT2D eigenvalue weighted by Gasteiger charge is 2.82. The van der Waals surface area contributed by atoms with Gasteiger partial charge in [-0.05, 0) is 6.92 Å². The van der Waals surface area contributed by atoms with E-state index >= 15 is 0 Å². The van der Waals surface area contributed by atoms with Gasteiger partial charge < -0.3 is 15.5 Å². The molecule has 0 saturated carbocycles. The molecule has 0 spiro atoms. The van der Waals surface area contributed by atoms with Crippen LogP contribution in [0.5, 0.6) is 0 Å². The molecule has 0 radical (unpaired) electrons. The number of halogens is 9. The Morgan fingerprint density at radius 1 is 1.00 bits per heavy atom. The van der Waals surface area contributed by atoms with Gasteiger partial charge in [-0.1, -0.05) is 0 Å². The molecule has 0 aliphatic heterocycles. The Hall–Kier alpha value is -1.24. The average Bonchev–Trinajstić information content (AvgIpc) is 2.33. The van der Waals surface area contributed by atoms with Crippen molar-refractivity contribution in [1.82, 2.24) is 5.32 Å². The smallest absolute Gasteiger partial charge is 0.460 e. The third kappa shape index (κ3) is 3.56. The van der Waals surface area contributed by atoms with Crippen molar-refractivity contribution in [1.29, 1.82) is 0 Å². The Bertz CT molecular complexity index is 410. The highest BCUT2D eigenvalue weighted by molar-refractivity contribution is 5.72. The van der Waals surface area contributed by atoms with Gasteiger partial charge in [0.15, 0.2) is 0 Å². The third-order valence-electron chi connectivity index (χ3n) is 2.58. The molecule has 0 aromatic heterocycles. The zero-order chi connectivity index (χ0) is 18.1. The van der Waals surface area contributed by atoms with Gasteiger partial charge in [-0.2, -0.15) is 39.5 Å². The Morgan fingerprint density at radius 2 is 1.41 bits per heavy atom. The van der Waals surface area contributed by atoms with Crippen molar-refractivity contribution in [2.75, 3.05) is 6.54 Å². The number of aliphatic hydroxyl groups is 1. The number of nitrogens with one attached hydrogen (secondary N) is 1. The number of hydrogen-bond acceptors (Lipinski definition) is 3. The molecular formula is C9H10F9NO3. The molecule has 0 aliphatic rings. The van der Waals surface area contributed by atoms with Crippen molar-refractivity contribution in [3.63, 3.8) is 0 Å². The predicted molar refractivity (Wildman–Crippen MR) is 52.0 cm³/mol. The van der Waals surface area contributed by atoms with E-state index in [0.717, 1.165) is 6.92 Å². The largest absolute Gasteiger partial charge is 0.480 e. The van der Waals surface area contributed by atoms with E-state index < -0.39 is 48.6 Å². The molecule has 0 amide bonds. The van der Waals surface area contributed by atoms with Gasteiger partial charge in [-0.25, -0.2) is 0 Å². The van der Waals surface area contributed by atoms with Gasteiger partial charge in [0.25, 0.3) is 0 Å². The highest BCUT2D eigenvalue weighted by Crippen LogP contribution is 2.53. The monoisotopic (exact) mass is 351 g/mol. The topological polar surface area (TPSA) is 69.6 Å². The van der Waals surface area contributed by atoms with Crippen molar-refractivity contribution in [3.05, 3.63) is 0 Å². The summed E-state index contributed by atoms with van der Waals surface area (Å²) < 4.78 is 112. The Morgan fingerprint density at radius 3 is 1.73 bits per heavy atom. The minimum Gasteiger partial charge on any atom is -0.480 e. The van der Waals surface area contributed by atoms with Crippen LogP contribution >= 0.6 is 0 Å². The van der Waals surface area contributed by atoms with Gasteiger partial charge in [0.2, 0.25) is 0 Å². The van der Waals surface area contributed by atoms with Crippen LogP contribution in [-0.4, -0.2) is 58.8 Å². The zero-order valence-electron chi connectivity index (χ0n) is 10.6. The second-order valence-corrected chi connectivity index (χ2v) is 4.25. The lowest BCUT2D eigenvalue weighted by molar-refractivity contribution is -0.405. The van der Waals surface area contributed by atoms with Crippen LogP contribution in [0.2, 0.25) is 0 Å². The average molecular weight is 351 g/mol. The number of carboxylic acids is 1. The normalized spacial score (nSPS) is 17.2. The molecule has 22 heavy (non-hydrogen) atoms. The molecule has 4 nitrogen and oxygen atoms in total. The van der Waals surface area contributed by atoms with Crippen LogP contribution in [0, 0.1) is 0 Å². The lowest BCUT2D eigenvalue weighted by Crippen LogP contribution is -2.65. The fourth-order valence-corrected chi connectivity index (χ4v) is 1.10. The van der Waals surface area contributed by atoms with Crippen molar-refractivity contribution in [2.45, 2.75) is 43.0 Å². The number of aliphatic hydroxyl groups excluding tert-OH is 1. The third-order valence-corrected chi connectivity index (χ3v) is 2.58. The first-order valence-electron chi connectivity index (χ1n) is 5.34. The molecule has 0 aromatic rings. The number of rotatable bonds is 7. The SMILES string of the molecule is C[C@H](NC[C@H](O)C(F)(F)C(F)(F)C(F)(F)C(F)(F)F)C(=O)O. The molecular weight excluding hydrogens is 341 g/mol.